The van der Waals surface area contributed by atoms with Gasteiger partial charge in [0.1, 0.15) is 16.9 Å². The molecule has 0 bridgehead atoms. The highest BCUT2D eigenvalue weighted by Gasteiger charge is 2.28. The molecule has 24 heavy (non-hydrogen) atoms. The first kappa shape index (κ1) is 15.9. The number of nitro groups is 1. The van der Waals surface area contributed by atoms with Gasteiger partial charge in [0.15, 0.2) is 5.76 Å². The summed E-state index contributed by atoms with van der Waals surface area (Å²) >= 11 is 0. The number of hydrogen-bond acceptors (Lipinski definition) is 7. The third-order valence-corrected chi connectivity index (χ3v) is 3.69. The lowest BCUT2D eigenvalue weighted by atomic mass is 10.1. The molecule has 0 aliphatic carbocycles. The number of furan rings is 1. The number of aromatic nitrogens is 2. The largest absolute Gasteiger partial charge is 0.472 e. The maximum Gasteiger partial charge on any atom is 0.433 e. The van der Waals surface area contributed by atoms with Crippen molar-refractivity contribution in [2.24, 2.45) is 0 Å². The summed E-state index contributed by atoms with van der Waals surface area (Å²) in [6, 6.07) is 4.16. The van der Waals surface area contributed by atoms with E-state index >= 15 is 0 Å². The normalized spacial score (nSPS) is 17.5. The summed E-state index contributed by atoms with van der Waals surface area (Å²) in [7, 11) is 0. The predicted octanol–water partition coefficient (Wildman–Crippen LogP) is 1.97. The number of rotatable bonds is 4. The van der Waals surface area contributed by atoms with Gasteiger partial charge in [-0.15, -0.1) is 0 Å². The third kappa shape index (κ3) is 3.50. The molecule has 126 valence electrons. The minimum absolute atomic E-state index is 0.0415. The highest BCUT2D eigenvalue weighted by atomic mass is 16.6. The molecule has 9 nitrogen and oxygen atoms in total. The lowest BCUT2D eigenvalue weighted by Crippen LogP contribution is -2.44. The standard InChI is InChI=1S/C15H16N4O5/c1-10-16-7-6-13(17-10)23-11-3-2-8-18(9-11)15(20)12-4-5-14(24-12)19(21)22/h4-7,11H,2-3,8-9H2,1H3. The van der Waals surface area contributed by atoms with E-state index in [4.69, 9.17) is 9.15 Å². The van der Waals surface area contributed by atoms with Gasteiger partial charge in [-0.3, -0.25) is 14.9 Å². The van der Waals surface area contributed by atoms with E-state index in [1.807, 2.05) is 0 Å². The van der Waals surface area contributed by atoms with E-state index in [2.05, 4.69) is 9.97 Å². The molecule has 3 heterocycles. The lowest BCUT2D eigenvalue weighted by Gasteiger charge is -2.32. The van der Waals surface area contributed by atoms with Crippen LogP contribution in [0.3, 0.4) is 0 Å². The molecule has 1 atom stereocenters. The predicted molar refractivity (Wildman–Crippen MR) is 81.7 cm³/mol. The molecule has 9 heteroatoms. The molecule has 1 unspecified atom stereocenters. The van der Waals surface area contributed by atoms with Gasteiger partial charge in [-0.1, -0.05) is 0 Å². The van der Waals surface area contributed by atoms with Crippen molar-refractivity contribution in [3.05, 3.63) is 46.1 Å². The Hall–Kier alpha value is -2.97. The van der Waals surface area contributed by atoms with Crippen LogP contribution in [0.25, 0.3) is 0 Å². The molecule has 1 saturated heterocycles. The molecule has 1 aliphatic heterocycles. The minimum Gasteiger partial charge on any atom is -0.472 e. The van der Waals surface area contributed by atoms with Crippen LogP contribution >= 0.6 is 0 Å². The Kier molecular flexibility index (Phi) is 4.41. The number of ether oxygens (including phenoxy) is 1. The van der Waals surface area contributed by atoms with E-state index < -0.39 is 10.8 Å². The van der Waals surface area contributed by atoms with E-state index in [-0.39, 0.29) is 17.8 Å². The van der Waals surface area contributed by atoms with E-state index in [1.165, 1.54) is 12.1 Å². The molecule has 3 rings (SSSR count). The van der Waals surface area contributed by atoms with Crippen LogP contribution in [0.2, 0.25) is 0 Å². The van der Waals surface area contributed by atoms with Crippen molar-refractivity contribution in [3.8, 4) is 5.88 Å². The summed E-state index contributed by atoms with van der Waals surface area (Å²) < 4.78 is 10.8. The summed E-state index contributed by atoms with van der Waals surface area (Å²) in [4.78, 5) is 32.2. The second-order valence-corrected chi connectivity index (χ2v) is 5.47. The van der Waals surface area contributed by atoms with Crippen LogP contribution in [-0.2, 0) is 0 Å². The monoisotopic (exact) mass is 332 g/mol. The van der Waals surface area contributed by atoms with Gasteiger partial charge >= 0.3 is 5.88 Å². The Balaban J connectivity index is 1.66. The van der Waals surface area contributed by atoms with Crippen molar-refractivity contribution in [2.75, 3.05) is 13.1 Å². The zero-order valence-electron chi connectivity index (χ0n) is 13.0. The Morgan fingerprint density at radius 3 is 3.00 bits per heavy atom. The van der Waals surface area contributed by atoms with E-state index in [0.717, 1.165) is 12.8 Å². The SMILES string of the molecule is Cc1nccc(OC2CCCN(C(=O)c3ccc([N+](=O)[O-])o3)C2)n1. The molecule has 0 saturated carbocycles. The Labute approximate surface area is 137 Å². The average molecular weight is 332 g/mol. The number of carbonyl (C=O) groups is 1. The van der Waals surface area contributed by atoms with E-state index in [0.29, 0.717) is 24.8 Å². The topological polar surface area (TPSA) is 112 Å². The fourth-order valence-corrected chi connectivity index (χ4v) is 2.59. The highest BCUT2D eigenvalue weighted by molar-refractivity contribution is 5.91. The zero-order chi connectivity index (χ0) is 17.1. The Morgan fingerprint density at radius 1 is 1.46 bits per heavy atom. The first-order chi connectivity index (χ1) is 11.5. The maximum atomic E-state index is 12.4. The minimum atomic E-state index is -0.670. The summed E-state index contributed by atoms with van der Waals surface area (Å²) in [5.74, 6) is 0.213. The fraction of sp³-hybridized carbons (Fsp3) is 0.400. The van der Waals surface area contributed by atoms with Gasteiger partial charge < -0.3 is 14.1 Å². The van der Waals surface area contributed by atoms with Crippen LogP contribution in [0.5, 0.6) is 5.88 Å². The van der Waals surface area contributed by atoms with Gasteiger partial charge in [-0.25, -0.2) is 4.98 Å². The first-order valence-corrected chi connectivity index (χ1v) is 7.53. The van der Waals surface area contributed by atoms with Gasteiger partial charge in [0.2, 0.25) is 5.88 Å². The van der Waals surface area contributed by atoms with Crippen LogP contribution in [0.1, 0.15) is 29.2 Å². The Morgan fingerprint density at radius 2 is 2.29 bits per heavy atom. The van der Waals surface area contributed by atoms with Crippen molar-refractivity contribution >= 4 is 11.8 Å². The molecular weight excluding hydrogens is 316 g/mol. The molecule has 1 aliphatic rings. The van der Waals surface area contributed by atoms with Gasteiger partial charge in [-0.2, -0.15) is 4.98 Å². The Bertz CT molecular complexity index is 760. The van der Waals surface area contributed by atoms with Gasteiger partial charge in [-0.05, 0) is 25.8 Å². The van der Waals surface area contributed by atoms with Crippen molar-refractivity contribution in [1.82, 2.24) is 14.9 Å². The molecule has 1 fully saturated rings. The molecule has 0 N–H and O–H groups in total. The number of likely N-dealkylation sites (tertiary alicyclic amines) is 1. The summed E-state index contributed by atoms with van der Waals surface area (Å²) in [5, 5.41) is 10.7. The van der Waals surface area contributed by atoms with Crippen LogP contribution < -0.4 is 4.74 Å². The quantitative estimate of drug-likeness (QED) is 0.621. The lowest BCUT2D eigenvalue weighted by molar-refractivity contribution is -0.402. The van der Waals surface area contributed by atoms with Crippen molar-refractivity contribution in [1.29, 1.82) is 0 Å². The second kappa shape index (κ2) is 6.65. The van der Waals surface area contributed by atoms with Crippen molar-refractivity contribution < 1.29 is 18.9 Å². The maximum absolute atomic E-state index is 12.4. The number of carbonyl (C=O) groups excluding carboxylic acids is 1. The van der Waals surface area contributed by atoms with Gasteiger partial charge in [0, 0.05) is 18.8 Å². The molecular formula is C15H16N4O5. The molecule has 0 aromatic carbocycles. The van der Waals surface area contributed by atoms with E-state index in [9.17, 15) is 14.9 Å². The third-order valence-electron chi connectivity index (χ3n) is 3.69. The van der Waals surface area contributed by atoms with Crippen LogP contribution in [-0.4, -0.2) is 44.9 Å². The smallest absolute Gasteiger partial charge is 0.433 e. The number of hydrogen-bond donors (Lipinski definition) is 0. The number of amides is 1. The number of piperidine rings is 1. The molecule has 0 radical (unpaired) electrons. The van der Waals surface area contributed by atoms with E-state index in [1.54, 1.807) is 24.1 Å². The number of aryl methyl sites for hydroxylation is 1. The van der Waals surface area contributed by atoms with Gasteiger partial charge in [0.25, 0.3) is 5.91 Å². The second-order valence-electron chi connectivity index (χ2n) is 5.47. The summed E-state index contributed by atoms with van der Waals surface area (Å²) in [6.45, 7) is 2.69. The fourth-order valence-electron chi connectivity index (χ4n) is 2.59. The zero-order valence-corrected chi connectivity index (χ0v) is 13.0. The van der Waals surface area contributed by atoms with Crippen LogP contribution in [0.15, 0.2) is 28.8 Å². The highest BCUT2D eigenvalue weighted by Crippen LogP contribution is 2.21. The van der Waals surface area contributed by atoms with Gasteiger partial charge in [0.05, 0.1) is 12.6 Å². The molecule has 0 spiro atoms. The number of nitrogens with zero attached hydrogens (tertiary/aromatic N) is 4. The summed E-state index contributed by atoms with van der Waals surface area (Å²) in [5.41, 5.74) is 0. The molecule has 2 aromatic rings. The van der Waals surface area contributed by atoms with Crippen LogP contribution in [0.4, 0.5) is 5.88 Å². The molecule has 1 amide bonds. The van der Waals surface area contributed by atoms with Crippen molar-refractivity contribution in [2.45, 2.75) is 25.9 Å². The molecule has 2 aromatic heterocycles. The first-order valence-electron chi connectivity index (χ1n) is 7.53. The van der Waals surface area contributed by atoms with Crippen LogP contribution in [0, 0.1) is 17.0 Å². The van der Waals surface area contributed by atoms with Crippen molar-refractivity contribution in [3.63, 3.8) is 0 Å². The average Bonchev–Trinajstić information content (AvgIpc) is 3.05. The summed E-state index contributed by atoms with van der Waals surface area (Å²) in [6.07, 6.45) is 2.99.